The molecule has 0 saturated heterocycles. The monoisotopic (exact) mass is 380 g/mol. The summed E-state index contributed by atoms with van der Waals surface area (Å²) in [4.78, 5) is 12.3. The Kier molecular flexibility index (Phi) is 5.55. The van der Waals surface area contributed by atoms with Crippen molar-refractivity contribution in [1.29, 1.82) is 0 Å². The van der Waals surface area contributed by atoms with Gasteiger partial charge in [-0.1, -0.05) is 31.2 Å². The van der Waals surface area contributed by atoms with Crippen LogP contribution < -0.4 is 10.6 Å². The van der Waals surface area contributed by atoms with Crippen LogP contribution in [0.1, 0.15) is 22.8 Å². The van der Waals surface area contributed by atoms with Gasteiger partial charge in [-0.2, -0.15) is 0 Å². The second kappa shape index (κ2) is 7.40. The maximum absolute atomic E-state index is 12.3. The first-order chi connectivity index (χ1) is 9.70. The van der Waals surface area contributed by atoms with Crippen LogP contribution in [0.5, 0.6) is 0 Å². The summed E-state index contributed by atoms with van der Waals surface area (Å²) in [6, 6.07) is 15.4. The molecular formula is C16H17IN2O. The molecule has 0 aliphatic heterocycles. The van der Waals surface area contributed by atoms with Gasteiger partial charge in [0.15, 0.2) is 0 Å². The maximum atomic E-state index is 12.3. The molecule has 104 valence electrons. The molecule has 0 bridgehead atoms. The third-order valence-electron chi connectivity index (χ3n) is 2.92. The Labute approximate surface area is 132 Å². The van der Waals surface area contributed by atoms with Gasteiger partial charge in [0, 0.05) is 21.4 Å². The molecule has 0 spiro atoms. The number of halogens is 1. The topological polar surface area (TPSA) is 41.1 Å². The minimum Gasteiger partial charge on any atom is -0.322 e. The van der Waals surface area contributed by atoms with Crippen molar-refractivity contribution in [2.24, 2.45) is 0 Å². The van der Waals surface area contributed by atoms with Crippen molar-refractivity contribution in [3.63, 3.8) is 0 Å². The van der Waals surface area contributed by atoms with E-state index >= 15 is 0 Å². The van der Waals surface area contributed by atoms with Crippen LogP contribution in [0.15, 0.2) is 48.5 Å². The summed E-state index contributed by atoms with van der Waals surface area (Å²) < 4.78 is 1.05. The van der Waals surface area contributed by atoms with Crippen LogP contribution in [-0.4, -0.2) is 12.5 Å². The average Bonchev–Trinajstić information content (AvgIpc) is 2.46. The molecule has 0 atom stereocenters. The Morgan fingerprint density at radius 2 is 1.95 bits per heavy atom. The second-order valence-corrected chi connectivity index (χ2v) is 5.65. The number of amides is 1. The zero-order valence-corrected chi connectivity index (χ0v) is 13.5. The predicted octanol–water partition coefficient (Wildman–Crippen LogP) is 3.65. The van der Waals surface area contributed by atoms with Gasteiger partial charge in [-0.25, -0.2) is 0 Å². The maximum Gasteiger partial charge on any atom is 0.255 e. The molecule has 2 aromatic carbocycles. The number of benzene rings is 2. The molecule has 2 rings (SSSR count). The number of hydrogen-bond acceptors (Lipinski definition) is 2. The highest BCUT2D eigenvalue weighted by Crippen LogP contribution is 2.17. The molecule has 0 unspecified atom stereocenters. The lowest BCUT2D eigenvalue weighted by Gasteiger charge is -2.11. The highest BCUT2D eigenvalue weighted by Gasteiger charge is 2.08. The molecule has 0 radical (unpaired) electrons. The van der Waals surface area contributed by atoms with E-state index in [4.69, 9.17) is 0 Å². The van der Waals surface area contributed by atoms with E-state index in [0.29, 0.717) is 5.56 Å². The summed E-state index contributed by atoms with van der Waals surface area (Å²) in [5.74, 6) is -0.0764. The number of nitrogens with one attached hydrogen (secondary N) is 2. The zero-order valence-electron chi connectivity index (χ0n) is 11.3. The van der Waals surface area contributed by atoms with E-state index in [0.717, 1.165) is 27.9 Å². The second-order valence-electron chi connectivity index (χ2n) is 4.40. The van der Waals surface area contributed by atoms with Crippen molar-refractivity contribution < 1.29 is 4.79 Å². The summed E-state index contributed by atoms with van der Waals surface area (Å²) in [7, 11) is 0. The van der Waals surface area contributed by atoms with Gasteiger partial charge in [0.05, 0.1) is 0 Å². The number of para-hydroxylation sites is 1. The number of hydrogen-bond donors (Lipinski definition) is 2. The van der Waals surface area contributed by atoms with Gasteiger partial charge in [-0.05, 0) is 59.0 Å². The first-order valence-corrected chi connectivity index (χ1v) is 7.64. The minimum atomic E-state index is -0.0764. The summed E-state index contributed by atoms with van der Waals surface area (Å²) in [6.45, 7) is 3.71. The molecule has 1 amide bonds. The van der Waals surface area contributed by atoms with E-state index < -0.39 is 0 Å². The first kappa shape index (κ1) is 15.0. The molecule has 0 heterocycles. The molecule has 3 nitrogen and oxygen atoms in total. The van der Waals surface area contributed by atoms with Crippen molar-refractivity contribution in [2.45, 2.75) is 13.5 Å². The number of rotatable bonds is 5. The zero-order chi connectivity index (χ0) is 14.4. The highest BCUT2D eigenvalue weighted by atomic mass is 127. The Bertz CT molecular complexity index is 599. The number of carbonyl (C=O) groups excluding carboxylic acids is 1. The van der Waals surface area contributed by atoms with Crippen molar-refractivity contribution in [2.75, 3.05) is 11.9 Å². The summed E-state index contributed by atoms with van der Waals surface area (Å²) >= 11 is 2.20. The fourth-order valence-corrected chi connectivity index (χ4v) is 2.42. The van der Waals surface area contributed by atoms with E-state index in [2.05, 4.69) is 40.1 Å². The summed E-state index contributed by atoms with van der Waals surface area (Å²) in [5, 5.41) is 6.26. The van der Waals surface area contributed by atoms with E-state index in [-0.39, 0.29) is 5.91 Å². The molecule has 0 aliphatic rings. The molecule has 4 heteroatoms. The fourth-order valence-electron chi connectivity index (χ4n) is 1.88. The molecule has 0 aromatic heterocycles. The summed E-state index contributed by atoms with van der Waals surface area (Å²) in [5.41, 5.74) is 2.63. The van der Waals surface area contributed by atoms with Crippen LogP contribution >= 0.6 is 22.6 Å². The number of anilines is 1. The third-order valence-corrected chi connectivity index (χ3v) is 3.59. The van der Waals surface area contributed by atoms with Crippen molar-refractivity contribution in [1.82, 2.24) is 5.32 Å². The smallest absolute Gasteiger partial charge is 0.255 e. The largest absolute Gasteiger partial charge is 0.322 e. The van der Waals surface area contributed by atoms with E-state index in [1.165, 1.54) is 0 Å². The van der Waals surface area contributed by atoms with Crippen LogP contribution in [0.2, 0.25) is 0 Å². The van der Waals surface area contributed by atoms with Gasteiger partial charge < -0.3 is 10.6 Å². The average molecular weight is 380 g/mol. The Balaban J connectivity index is 2.15. The molecular weight excluding hydrogens is 363 g/mol. The number of carbonyl (C=O) groups is 1. The van der Waals surface area contributed by atoms with E-state index in [1.54, 1.807) is 0 Å². The van der Waals surface area contributed by atoms with Gasteiger partial charge in [-0.3, -0.25) is 4.79 Å². The Morgan fingerprint density at radius 1 is 1.15 bits per heavy atom. The Morgan fingerprint density at radius 3 is 2.70 bits per heavy atom. The molecule has 2 aromatic rings. The fraction of sp³-hybridized carbons (Fsp3) is 0.188. The van der Waals surface area contributed by atoms with Crippen molar-refractivity contribution >= 4 is 34.2 Å². The van der Waals surface area contributed by atoms with Crippen LogP contribution in [-0.2, 0) is 6.54 Å². The van der Waals surface area contributed by atoms with Crippen molar-refractivity contribution in [3.8, 4) is 0 Å². The van der Waals surface area contributed by atoms with Crippen LogP contribution in [0.3, 0.4) is 0 Å². The quantitative estimate of drug-likeness (QED) is 0.778. The highest BCUT2D eigenvalue weighted by molar-refractivity contribution is 14.1. The minimum absolute atomic E-state index is 0.0764. The third kappa shape index (κ3) is 4.05. The predicted molar refractivity (Wildman–Crippen MR) is 90.9 cm³/mol. The summed E-state index contributed by atoms with van der Waals surface area (Å²) in [6.07, 6.45) is 0. The first-order valence-electron chi connectivity index (χ1n) is 6.56. The van der Waals surface area contributed by atoms with Crippen LogP contribution in [0.25, 0.3) is 0 Å². The van der Waals surface area contributed by atoms with Gasteiger partial charge in [-0.15, -0.1) is 0 Å². The molecule has 0 aliphatic carbocycles. The molecule has 2 N–H and O–H groups in total. The van der Waals surface area contributed by atoms with Crippen LogP contribution in [0.4, 0.5) is 5.69 Å². The standard InChI is InChI=1S/C16H17IN2O/c1-2-18-11-13-6-3-4-9-15(13)19-16(20)12-7-5-8-14(17)10-12/h3-10,18H,2,11H2,1H3,(H,19,20). The lowest BCUT2D eigenvalue weighted by molar-refractivity contribution is 0.102. The molecule has 20 heavy (non-hydrogen) atoms. The van der Waals surface area contributed by atoms with Gasteiger partial charge in [0.1, 0.15) is 0 Å². The van der Waals surface area contributed by atoms with Gasteiger partial charge in [0.25, 0.3) is 5.91 Å². The normalized spacial score (nSPS) is 10.3. The lowest BCUT2D eigenvalue weighted by Crippen LogP contribution is -2.17. The van der Waals surface area contributed by atoms with Crippen molar-refractivity contribution in [3.05, 3.63) is 63.2 Å². The SMILES string of the molecule is CCNCc1ccccc1NC(=O)c1cccc(I)c1. The van der Waals surface area contributed by atoms with Crippen LogP contribution in [0, 0.1) is 3.57 Å². The molecule has 0 fully saturated rings. The van der Waals surface area contributed by atoms with Gasteiger partial charge in [0.2, 0.25) is 0 Å². The lowest BCUT2D eigenvalue weighted by atomic mass is 10.1. The van der Waals surface area contributed by atoms with E-state index in [9.17, 15) is 4.79 Å². The molecule has 0 saturated carbocycles. The van der Waals surface area contributed by atoms with Gasteiger partial charge >= 0.3 is 0 Å². The van der Waals surface area contributed by atoms with E-state index in [1.807, 2.05) is 48.5 Å². The Hall–Kier alpha value is -1.40.